The van der Waals surface area contributed by atoms with Crippen LogP contribution in [0.4, 0.5) is 0 Å². The quantitative estimate of drug-likeness (QED) is 0.581. The number of para-hydroxylation sites is 1. The fraction of sp³-hybridized carbons (Fsp3) is 0.158. The van der Waals surface area contributed by atoms with Crippen LogP contribution < -0.4 is 5.56 Å². The van der Waals surface area contributed by atoms with E-state index in [1.54, 1.807) is 0 Å². The van der Waals surface area contributed by atoms with Crippen LogP contribution in [0.5, 0.6) is 0 Å². The summed E-state index contributed by atoms with van der Waals surface area (Å²) in [5.74, 6) is 0. The van der Waals surface area contributed by atoms with Crippen molar-refractivity contribution in [1.82, 2.24) is 14.8 Å². The van der Waals surface area contributed by atoms with E-state index in [1.807, 2.05) is 35.9 Å². The lowest BCUT2D eigenvalue weighted by molar-refractivity contribution is 0.888. The minimum absolute atomic E-state index is 0.0909. The van der Waals surface area contributed by atoms with Gasteiger partial charge in [-0.2, -0.15) is 5.10 Å². The van der Waals surface area contributed by atoms with Gasteiger partial charge in [0.15, 0.2) is 0 Å². The van der Waals surface area contributed by atoms with Gasteiger partial charge in [0.05, 0.1) is 27.8 Å². The maximum atomic E-state index is 12.5. The number of fused-ring (bicyclic) bond motifs is 3. The molecule has 0 aliphatic heterocycles. The van der Waals surface area contributed by atoms with E-state index < -0.39 is 0 Å². The van der Waals surface area contributed by atoms with Gasteiger partial charge in [-0.05, 0) is 50.1 Å². The van der Waals surface area contributed by atoms with Crippen molar-refractivity contribution in [3.8, 4) is 5.69 Å². The molecule has 2 aromatic heterocycles. The Hall–Kier alpha value is -2.88. The second-order valence-corrected chi connectivity index (χ2v) is 6.07. The zero-order valence-corrected chi connectivity index (χ0v) is 13.3. The number of rotatable bonds is 1. The molecule has 0 spiro atoms. The molecule has 0 aliphatic carbocycles. The number of nitrogens with zero attached hydrogens (tertiary/aromatic N) is 2. The highest BCUT2D eigenvalue weighted by Crippen LogP contribution is 2.26. The van der Waals surface area contributed by atoms with Crippen LogP contribution in [0.15, 0.2) is 47.3 Å². The summed E-state index contributed by atoms with van der Waals surface area (Å²) in [7, 11) is 0. The first-order chi connectivity index (χ1) is 11.0. The molecular formula is C19H17N3O. The minimum atomic E-state index is -0.0909. The van der Waals surface area contributed by atoms with Gasteiger partial charge in [0.25, 0.3) is 5.56 Å². The smallest absolute Gasteiger partial charge is 0.259 e. The van der Waals surface area contributed by atoms with Crippen molar-refractivity contribution in [3.05, 3.63) is 69.6 Å². The Morgan fingerprint density at radius 2 is 1.70 bits per heavy atom. The first-order valence-corrected chi connectivity index (χ1v) is 7.63. The van der Waals surface area contributed by atoms with Crippen LogP contribution in [0.3, 0.4) is 0 Å². The van der Waals surface area contributed by atoms with Gasteiger partial charge in [-0.15, -0.1) is 0 Å². The minimum Gasteiger partial charge on any atom is -0.321 e. The van der Waals surface area contributed by atoms with E-state index >= 15 is 0 Å². The first kappa shape index (κ1) is 13.8. The molecule has 4 rings (SSSR count). The summed E-state index contributed by atoms with van der Waals surface area (Å²) in [6.45, 7) is 6.02. The van der Waals surface area contributed by atoms with Crippen molar-refractivity contribution >= 4 is 21.8 Å². The second kappa shape index (κ2) is 4.81. The topological polar surface area (TPSA) is 50.7 Å². The Morgan fingerprint density at radius 1 is 1.00 bits per heavy atom. The number of aryl methyl sites for hydroxylation is 3. The van der Waals surface area contributed by atoms with Gasteiger partial charge < -0.3 is 4.98 Å². The number of aromatic nitrogens is 3. The molecule has 0 saturated heterocycles. The van der Waals surface area contributed by atoms with Crippen molar-refractivity contribution in [2.24, 2.45) is 0 Å². The lowest BCUT2D eigenvalue weighted by Gasteiger charge is -2.08. The maximum absolute atomic E-state index is 12.5. The molecule has 0 fully saturated rings. The van der Waals surface area contributed by atoms with Gasteiger partial charge >= 0.3 is 0 Å². The van der Waals surface area contributed by atoms with Crippen molar-refractivity contribution in [3.63, 3.8) is 0 Å². The van der Waals surface area contributed by atoms with E-state index in [-0.39, 0.29) is 5.56 Å². The summed E-state index contributed by atoms with van der Waals surface area (Å²) in [5, 5.41) is 6.31. The van der Waals surface area contributed by atoms with Gasteiger partial charge in [-0.3, -0.25) is 4.79 Å². The zero-order chi connectivity index (χ0) is 16.1. The molecule has 0 saturated carbocycles. The Morgan fingerprint density at radius 3 is 2.43 bits per heavy atom. The average molecular weight is 303 g/mol. The van der Waals surface area contributed by atoms with Crippen molar-refractivity contribution < 1.29 is 0 Å². The van der Waals surface area contributed by atoms with E-state index in [0.717, 1.165) is 27.8 Å². The molecule has 4 heteroatoms. The largest absolute Gasteiger partial charge is 0.321 e. The van der Waals surface area contributed by atoms with Crippen molar-refractivity contribution in [2.45, 2.75) is 20.8 Å². The first-order valence-electron chi connectivity index (χ1n) is 7.63. The molecule has 0 aliphatic rings. The molecule has 1 N–H and O–H groups in total. The number of pyridine rings is 1. The number of hydrogen-bond donors (Lipinski definition) is 1. The lowest BCUT2D eigenvalue weighted by atomic mass is 10.1. The molecule has 2 heterocycles. The Balaban J connectivity index is 2.22. The van der Waals surface area contributed by atoms with E-state index in [1.165, 1.54) is 11.1 Å². The summed E-state index contributed by atoms with van der Waals surface area (Å²) in [6, 6.07) is 14.2. The fourth-order valence-electron chi connectivity index (χ4n) is 3.29. The van der Waals surface area contributed by atoms with Gasteiger partial charge in [-0.1, -0.05) is 24.3 Å². The highest BCUT2D eigenvalue weighted by molar-refractivity contribution is 6.04. The third-order valence-electron chi connectivity index (χ3n) is 4.17. The van der Waals surface area contributed by atoms with Crippen LogP contribution in [0.2, 0.25) is 0 Å². The van der Waals surface area contributed by atoms with E-state index in [9.17, 15) is 4.79 Å². The van der Waals surface area contributed by atoms with E-state index in [0.29, 0.717) is 5.39 Å². The zero-order valence-electron chi connectivity index (χ0n) is 13.3. The predicted octanol–water partition coefficient (Wildman–Crippen LogP) is 3.79. The van der Waals surface area contributed by atoms with Gasteiger partial charge in [0.1, 0.15) is 0 Å². The molecule has 0 amide bonds. The molecular weight excluding hydrogens is 286 g/mol. The number of nitrogens with one attached hydrogen (secondary N) is 1. The summed E-state index contributed by atoms with van der Waals surface area (Å²) >= 11 is 0. The lowest BCUT2D eigenvalue weighted by Crippen LogP contribution is -2.07. The number of benzene rings is 2. The Bertz CT molecular complexity index is 1100. The van der Waals surface area contributed by atoms with Crippen LogP contribution in [-0.4, -0.2) is 14.8 Å². The van der Waals surface area contributed by atoms with Crippen LogP contribution in [0.25, 0.3) is 27.5 Å². The van der Waals surface area contributed by atoms with Crippen LogP contribution in [-0.2, 0) is 0 Å². The average Bonchev–Trinajstić information content (AvgIpc) is 2.85. The monoisotopic (exact) mass is 303 g/mol. The number of hydrogen-bond acceptors (Lipinski definition) is 2. The SMILES string of the molecule is Cc1cc(C)cc(-n2nc(C)c3c(=O)[nH]c4ccccc4c32)c1. The molecule has 0 bridgehead atoms. The number of H-pyrrole nitrogens is 1. The third kappa shape index (κ3) is 2.06. The predicted molar refractivity (Wildman–Crippen MR) is 93.4 cm³/mol. The molecule has 4 aromatic rings. The second-order valence-electron chi connectivity index (χ2n) is 6.07. The van der Waals surface area contributed by atoms with Gasteiger partial charge in [0, 0.05) is 5.39 Å². The molecule has 0 radical (unpaired) electrons. The molecule has 114 valence electrons. The van der Waals surface area contributed by atoms with Crippen LogP contribution in [0.1, 0.15) is 16.8 Å². The normalized spacial score (nSPS) is 11.4. The van der Waals surface area contributed by atoms with Crippen LogP contribution in [0, 0.1) is 20.8 Å². The van der Waals surface area contributed by atoms with Gasteiger partial charge in [0.2, 0.25) is 0 Å². The summed E-state index contributed by atoms with van der Waals surface area (Å²) in [4.78, 5) is 15.4. The third-order valence-corrected chi connectivity index (χ3v) is 4.17. The van der Waals surface area contributed by atoms with Crippen molar-refractivity contribution in [1.29, 1.82) is 0 Å². The highest BCUT2D eigenvalue weighted by Gasteiger charge is 2.16. The Kier molecular flexibility index (Phi) is 2.88. The highest BCUT2D eigenvalue weighted by atomic mass is 16.1. The number of aromatic amines is 1. The van der Waals surface area contributed by atoms with Gasteiger partial charge in [-0.25, -0.2) is 4.68 Å². The molecule has 2 aromatic carbocycles. The summed E-state index contributed by atoms with van der Waals surface area (Å²) < 4.78 is 1.89. The standard InChI is InChI=1S/C19H17N3O/c1-11-8-12(2)10-14(9-11)22-18-15-6-4-5-7-16(15)20-19(23)17(18)13(3)21-22/h4-10H,1-3H3,(H,20,23). The van der Waals surface area contributed by atoms with Crippen LogP contribution >= 0.6 is 0 Å². The Labute approximate surface area is 133 Å². The summed E-state index contributed by atoms with van der Waals surface area (Å²) in [6.07, 6.45) is 0. The molecule has 0 atom stereocenters. The summed E-state index contributed by atoms with van der Waals surface area (Å²) in [5.41, 5.74) is 5.68. The molecule has 0 unspecified atom stereocenters. The van der Waals surface area contributed by atoms with E-state index in [4.69, 9.17) is 0 Å². The molecule has 4 nitrogen and oxygen atoms in total. The molecule has 23 heavy (non-hydrogen) atoms. The van der Waals surface area contributed by atoms with Crippen molar-refractivity contribution in [2.75, 3.05) is 0 Å². The maximum Gasteiger partial charge on any atom is 0.259 e. The fourth-order valence-corrected chi connectivity index (χ4v) is 3.29. The van der Waals surface area contributed by atoms with E-state index in [2.05, 4.69) is 42.1 Å².